The quantitative estimate of drug-likeness (QED) is 0.240. The van der Waals surface area contributed by atoms with Crippen LogP contribution in [0.5, 0.6) is 0 Å². The first-order chi connectivity index (χ1) is 17.0. The first-order valence-corrected chi connectivity index (χ1v) is 15.0. The standard InChI is InChI=1S/C22H41B2N4O6PS/c1-16(2)26-9-18(33-20(23)11-26)14-32-35(30,27-7-5-25(6-8-27)22(29)15-36)28-10-19(13-31-17(3)4)34-21(24)12-28/h16-21,36H,5-15H2,1-4H3. The van der Waals surface area contributed by atoms with Gasteiger partial charge in [-0.05, 0) is 27.7 Å². The van der Waals surface area contributed by atoms with Crippen molar-refractivity contribution in [2.75, 3.05) is 71.3 Å². The fourth-order valence-electron chi connectivity index (χ4n) is 4.68. The van der Waals surface area contributed by atoms with Gasteiger partial charge in [0.1, 0.15) is 15.7 Å². The van der Waals surface area contributed by atoms with Gasteiger partial charge in [0.25, 0.3) is 0 Å². The van der Waals surface area contributed by atoms with Gasteiger partial charge < -0.3 is 23.6 Å². The van der Waals surface area contributed by atoms with E-state index in [4.69, 9.17) is 34.4 Å². The van der Waals surface area contributed by atoms with Crippen LogP contribution in [0.25, 0.3) is 0 Å². The van der Waals surface area contributed by atoms with E-state index in [0.29, 0.717) is 58.5 Å². The molecule has 0 spiro atoms. The number of morpholine rings is 2. The van der Waals surface area contributed by atoms with E-state index in [-0.39, 0.29) is 43.1 Å². The Morgan fingerprint density at radius 1 is 0.944 bits per heavy atom. The number of hydrogen-bond acceptors (Lipinski definition) is 8. The van der Waals surface area contributed by atoms with Crippen molar-refractivity contribution in [3.8, 4) is 0 Å². The number of thiol groups is 1. The number of hydrogen-bond donors (Lipinski definition) is 1. The van der Waals surface area contributed by atoms with E-state index < -0.39 is 19.7 Å². The lowest BCUT2D eigenvalue weighted by atomic mass is 9.96. The van der Waals surface area contributed by atoms with E-state index >= 15 is 0 Å². The smallest absolute Gasteiger partial charge is 0.346 e. The zero-order valence-electron chi connectivity index (χ0n) is 22.0. The fourth-order valence-corrected chi connectivity index (χ4v) is 7.37. The lowest BCUT2D eigenvalue weighted by Gasteiger charge is -2.47. The number of nitrogens with zero attached hydrogens (tertiary/aromatic N) is 4. The van der Waals surface area contributed by atoms with Crippen molar-refractivity contribution in [1.82, 2.24) is 19.1 Å². The molecule has 3 aliphatic rings. The Balaban J connectivity index is 1.75. The van der Waals surface area contributed by atoms with E-state index in [1.54, 1.807) is 9.57 Å². The molecule has 202 valence electrons. The second-order valence-electron chi connectivity index (χ2n) is 10.2. The van der Waals surface area contributed by atoms with Gasteiger partial charge in [0, 0.05) is 70.4 Å². The van der Waals surface area contributed by atoms with Crippen LogP contribution < -0.4 is 0 Å². The van der Waals surface area contributed by atoms with E-state index in [2.05, 4.69) is 31.4 Å². The van der Waals surface area contributed by atoms with Gasteiger partial charge in [0.05, 0.1) is 37.3 Å². The van der Waals surface area contributed by atoms with E-state index in [1.807, 2.05) is 18.5 Å². The normalized spacial score (nSPS) is 31.1. The van der Waals surface area contributed by atoms with Crippen molar-refractivity contribution < 1.29 is 28.1 Å². The summed E-state index contributed by atoms with van der Waals surface area (Å²) in [5.41, 5.74) is 0. The summed E-state index contributed by atoms with van der Waals surface area (Å²) in [6, 6.07) is -0.746. The van der Waals surface area contributed by atoms with Crippen molar-refractivity contribution in [3.63, 3.8) is 0 Å². The zero-order chi connectivity index (χ0) is 26.5. The third kappa shape index (κ3) is 8.20. The first-order valence-electron chi connectivity index (χ1n) is 12.8. The predicted molar refractivity (Wildman–Crippen MR) is 144 cm³/mol. The lowest BCUT2D eigenvalue weighted by molar-refractivity contribution is -0.129. The molecule has 0 aromatic heterocycles. The van der Waals surface area contributed by atoms with Crippen LogP contribution in [0.4, 0.5) is 0 Å². The summed E-state index contributed by atoms with van der Waals surface area (Å²) in [5, 5.41) is 0. The van der Waals surface area contributed by atoms with Crippen LogP contribution in [0.1, 0.15) is 27.7 Å². The topological polar surface area (TPSA) is 84.0 Å². The van der Waals surface area contributed by atoms with Crippen LogP contribution in [0.3, 0.4) is 0 Å². The largest absolute Gasteiger partial charge is 0.380 e. The predicted octanol–water partition coefficient (Wildman–Crippen LogP) is 0.409. The molecule has 3 heterocycles. The minimum Gasteiger partial charge on any atom is -0.380 e. The van der Waals surface area contributed by atoms with Crippen LogP contribution in [-0.4, -0.2) is 148 Å². The summed E-state index contributed by atoms with van der Waals surface area (Å²) >= 11 is 4.10. The zero-order valence-corrected chi connectivity index (χ0v) is 23.8. The molecule has 4 radical (unpaired) electrons. The minimum atomic E-state index is -3.53. The van der Waals surface area contributed by atoms with Gasteiger partial charge in [-0.25, -0.2) is 9.34 Å². The third-order valence-electron chi connectivity index (χ3n) is 6.63. The Bertz CT molecular complexity index is 764. The molecule has 0 aromatic rings. The molecular weight excluding hydrogens is 501 g/mol. The van der Waals surface area contributed by atoms with Gasteiger partial charge in [-0.3, -0.25) is 14.3 Å². The molecule has 14 heteroatoms. The maximum atomic E-state index is 14.7. The molecule has 0 saturated carbocycles. The van der Waals surface area contributed by atoms with Gasteiger partial charge in [-0.1, -0.05) is 0 Å². The highest BCUT2D eigenvalue weighted by Gasteiger charge is 2.45. The number of amides is 1. The maximum absolute atomic E-state index is 14.7. The lowest BCUT2D eigenvalue weighted by Crippen LogP contribution is -2.54. The Hall–Kier alpha value is -0.100. The summed E-state index contributed by atoms with van der Waals surface area (Å²) in [7, 11) is 8.81. The Labute approximate surface area is 224 Å². The number of carbonyl (C=O) groups is 1. The second kappa shape index (κ2) is 13.8. The van der Waals surface area contributed by atoms with Crippen molar-refractivity contribution in [1.29, 1.82) is 0 Å². The van der Waals surface area contributed by atoms with E-state index in [1.165, 1.54) is 0 Å². The highest BCUT2D eigenvalue weighted by molar-refractivity contribution is 7.81. The average molecular weight is 542 g/mol. The highest BCUT2D eigenvalue weighted by Crippen LogP contribution is 2.55. The summed E-state index contributed by atoms with van der Waals surface area (Å²) in [4.78, 5) is 16.1. The first kappa shape index (κ1) is 30.4. The van der Waals surface area contributed by atoms with Crippen molar-refractivity contribution in [3.05, 3.63) is 0 Å². The van der Waals surface area contributed by atoms with Gasteiger partial charge in [0.15, 0.2) is 0 Å². The van der Waals surface area contributed by atoms with Gasteiger partial charge in [-0.2, -0.15) is 12.6 Å². The summed E-state index contributed by atoms with van der Waals surface area (Å²) in [5.74, 6) is 0.113. The maximum Gasteiger partial charge on any atom is 0.346 e. The number of piperazine rings is 1. The summed E-state index contributed by atoms with van der Waals surface area (Å²) < 4.78 is 42.2. The molecule has 36 heavy (non-hydrogen) atoms. The van der Waals surface area contributed by atoms with Crippen molar-refractivity contribution in [2.45, 2.75) is 64.1 Å². The molecule has 1 amide bonds. The molecule has 3 aliphatic heterocycles. The van der Waals surface area contributed by atoms with E-state index in [9.17, 15) is 9.36 Å². The molecule has 0 N–H and O–H groups in total. The van der Waals surface area contributed by atoms with E-state index in [0.717, 1.165) is 0 Å². The molecule has 3 rings (SSSR count). The number of carbonyl (C=O) groups excluding carboxylic acids is 1. The number of ether oxygens (including phenoxy) is 3. The van der Waals surface area contributed by atoms with Crippen molar-refractivity contribution in [2.24, 2.45) is 0 Å². The summed E-state index contributed by atoms with van der Waals surface area (Å²) in [6.07, 6.45) is -0.612. The molecule has 10 nitrogen and oxygen atoms in total. The SMILES string of the molecule is [B]C1CN(C(C)C)CC(COP(=O)(N2CCN(C(=O)CS)CC2)N2CC([B])OC(COC(C)C)C2)O1. The molecule has 5 unspecified atom stereocenters. The highest BCUT2D eigenvalue weighted by atomic mass is 32.1. The molecule has 0 aliphatic carbocycles. The molecule has 3 fully saturated rings. The van der Waals surface area contributed by atoms with Crippen LogP contribution in [0, 0.1) is 0 Å². The molecule has 0 bridgehead atoms. The van der Waals surface area contributed by atoms with Gasteiger partial charge >= 0.3 is 7.67 Å². The van der Waals surface area contributed by atoms with Gasteiger partial charge in [-0.15, -0.1) is 0 Å². The third-order valence-corrected chi connectivity index (χ3v) is 9.54. The molecule has 0 aromatic carbocycles. The molecular formula is C22H41B2N4O6PS. The van der Waals surface area contributed by atoms with Crippen molar-refractivity contribution >= 4 is 41.9 Å². The Morgan fingerprint density at radius 2 is 1.56 bits per heavy atom. The van der Waals surface area contributed by atoms with Crippen LogP contribution >= 0.6 is 20.3 Å². The second-order valence-corrected chi connectivity index (χ2v) is 12.9. The number of rotatable bonds is 10. The Morgan fingerprint density at radius 3 is 2.14 bits per heavy atom. The van der Waals surface area contributed by atoms with Gasteiger partial charge in [0.2, 0.25) is 5.91 Å². The van der Waals surface area contributed by atoms with Crippen LogP contribution in [0.15, 0.2) is 0 Å². The monoisotopic (exact) mass is 542 g/mol. The van der Waals surface area contributed by atoms with Crippen LogP contribution in [-0.2, 0) is 28.1 Å². The Kier molecular flexibility index (Phi) is 11.7. The van der Waals surface area contributed by atoms with Crippen LogP contribution in [0.2, 0.25) is 0 Å². The minimum absolute atomic E-state index is 0.0357. The molecule has 5 atom stereocenters. The fraction of sp³-hybridized carbons (Fsp3) is 0.955. The molecule has 3 saturated heterocycles. The average Bonchev–Trinajstić information content (AvgIpc) is 2.85. The summed E-state index contributed by atoms with van der Waals surface area (Å²) in [6.45, 7) is 12.2.